The molecule has 1 aliphatic heterocycles. The van der Waals surface area contributed by atoms with Crippen molar-refractivity contribution in [1.29, 1.82) is 0 Å². The van der Waals surface area contributed by atoms with Crippen LogP contribution in [0, 0.1) is 0 Å². The maximum Gasteiger partial charge on any atom is 0.254 e. The van der Waals surface area contributed by atoms with E-state index < -0.39 is 0 Å². The van der Waals surface area contributed by atoms with E-state index in [-0.39, 0.29) is 5.91 Å². The third kappa shape index (κ3) is 3.93. The molecule has 0 radical (unpaired) electrons. The second kappa shape index (κ2) is 8.30. The minimum Gasteiger partial charge on any atom is -0.350 e. The maximum atomic E-state index is 12.8. The van der Waals surface area contributed by atoms with Crippen molar-refractivity contribution >= 4 is 5.91 Å². The Bertz CT molecular complexity index is 695. The molecule has 0 bridgehead atoms. The number of likely N-dealkylation sites (N-methyl/N-ethyl adjacent to an activating group) is 1. The Morgan fingerprint density at radius 3 is 2.80 bits per heavy atom. The SMILES string of the molecule is CCCc1c(C(=O)NCC2CCCN2CC)cnn1-c1ccccc1. The van der Waals surface area contributed by atoms with Crippen molar-refractivity contribution < 1.29 is 4.79 Å². The summed E-state index contributed by atoms with van der Waals surface area (Å²) in [7, 11) is 0. The molecule has 2 aromatic rings. The van der Waals surface area contributed by atoms with Gasteiger partial charge in [0.2, 0.25) is 0 Å². The van der Waals surface area contributed by atoms with Crippen LogP contribution >= 0.6 is 0 Å². The van der Waals surface area contributed by atoms with E-state index in [1.165, 1.54) is 12.8 Å². The average Bonchev–Trinajstić information content (AvgIpc) is 3.27. The number of benzene rings is 1. The van der Waals surface area contributed by atoms with Crippen molar-refractivity contribution in [1.82, 2.24) is 20.0 Å². The molecule has 1 N–H and O–H groups in total. The lowest BCUT2D eigenvalue weighted by molar-refractivity contribution is 0.0940. The number of carbonyl (C=O) groups is 1. The molecule has 5 nitrogen and oxygen atoms in total. The van der Waals surface area contributed by atoms with E-state index in [4.69, 9.17) is 0 Å². The summed E-state index contributed by atoms with van der Waals surface area (Å²) in [6.45, 7) is 7.22. The van der Waals surface area contributed by atoms with Crippen LogP contribution in [0.25, 0.3) is 5.69 Å². The molecule has 0 saturated carbocycles. The Morgan fingerprint density at radius 1 is 1.28 bits per heavy atom. The van der Waals surface area contributed by atoms with E-state index >= 15 is 0 Å². The summed E-state index contributed by atoms with van der Waals surface area (Å²) in [6.07, 6.45) is 5.91. The van der Waals surface area contributed by atoms with Gasteiger partial charge in [0, 0.05) is 12.6 Å². The number of likely N-dealkylation sites (tertiary alicyclic amines) is 1. The Balaban J connectivity index is 1.75. The molecular weight excluding hydrogens is 312 g/mol. The van der Waals surface area contributed by atoms with Gasteiger partial charge in [-0.05, 0) is 44.5 Å². The first kappa shape index (κ1) is 17.7. The Kier molecular flexibility index (Phi) is 5.87. The highest BCUT2D eigenvalue weighted by molar-refractivity contribution is 5.95. The summed E-state index contributed by atoms with van der Waals surface area (Å²) in [5, 5.41) is 7.62. The van der Waals surface area contributed by atoms with E-state index in [1.54, 1.807) is 6.20 Å². The molecule has 1 aliphatic rings. The highest BCUT2D eigenvalue weighted by atomic mass is 16.1. The molecule has 0 spiro atoms. The zero-order valence-corrected chi connectivity index (χ0v) is 15.2. The summed E-state index contributed by atoms with van der Waals surface area (Å²) < 4.78 is 1.90. The van der Waals surface area contributed by atoms with E-state index in [0.29, 0.717) is 11.6 Å². The summed E-state index contributed by atoms with van der Waals surface area (Å²) in [4.78, 5) is 15.2. The molecule has 1 saturated heterocycles. The quantitative estimate of drug-likeness (QED) is 0.843. The van der Waals surface area contributed by atoms with Crippen LogP contribution in [0.1, 0.15) is 49.2 Å². The first-order valence-corrected chi connectivity index (χ1v) is 9.39. The Hall–Kier alpha value is -2.14. The predicted octanol–water partition coefficient (Wildman–Crippen LogP) is 3.04. The molecular formula is C20H28N4O. The predicted molar refractivity (Wildman–Crippen MR) is 100 cm³/mol. The molecule has 1 fully saturated rings. The maximum absolute atomic E-state index is 12.8. The summed E-state index contributed by atoms with van der Waals surface area (Å²) in [5.74, 6) is -0.00594. The van der Waals surface area contributed by atoms with Gasteiger partial charge in [0.25, 0.3) is 5.91 Å². The molecule has 1 unspecified atom stereocenters. The molecule has 2 heterocycles. The smallest absolute Gasteiger partial charge is 0.254 e. The van der Waals surface area contributed by atoms with Gasteiger partial charge in [0.1, 0.15) is 0 Å². The van der Waals surface area contributed by atoms with Crippen LogP contribution in [-0.2, 0) is 6.42 Å². The highest BCUT2D eigenvalue weighted by Gasteiger charge is 2.24. The van der Waals surface area contributed by atoms with Crippen molar-refractivity contribution in [2.45, 2.75) is 45.6 Å². The summed E-state index contributed by atoms with van der Waals surface area (Å²) >= 11 is 0. The average molecular weight is 340 g/mol. The molecule has 5 heteroatoms. The largest absolute Gasteiger partial charge is 0.350 e. The second-order valence-corrected chi connectivity index (χ2v) is 6.64. The number of hydrogen-bond donors (Lipinski definition) is 1. The lowest BCUT2D eigenvalue weighted by atomic mass is 10.1. The van der Waals surface area contributed by atoms with Gasteiger partial charge in [0.05, 0.1) is 23.1 Å². The standard InChI is InChI=1S/C20H28N4O/c1-3-9-19-18(15-22-24(19)16-10-6-5-7-11-16)20(25)21-14-17-12-8-13-23(17)4-2/h5-7,10-11,15,17H,3-4,8-9,12-14H2,1-2H3,(H,21,25). The monoisotopic (exact) mass is 340 g/mol. The Labute approximate surface area is 150 Å². The number of nitrogens with one attached hydrogen (secondary N) is 1. The fraction of sp³-hybridized carbons (Fsp3) is 0.500. The van der Waals surface area contributed by atoms with Gasteiger partial charge in [-0.15, -0.1) is 0 Å². The van der Waals surface area contributed by atoms with Gasteiger partial charge in [-0.25, -0.2) is 4.68 Å². The lowest BCUT2D eigenvalue weighted by Crippen LogP contribution is -2.40. The van der Waals surface area contributed by atoms with Crippen LogP contribution in [0.2, 0.25) is 0 Å². The molecule has 25 heavy (non-hydrogen) atoms. The van der Waals surface area contributed by atoms with Crippen molar-refractivity contribution in [2.75, 3.05) is 19.6 Å². The van der Waals surface area contributed by atoms with Crippen LogP contribution in [0.15, 0.2) is 36.5 Å². The number of nitrogens with zero attached hydrogens (tertiary/aromatic N) is 3. The van der Waals surface area contributed by atoms with Gasteiger partial charge in [-0.2, -0.15) is 5.10 Å². The molecule has 3 rings (SSSR count). The minimum absolute atomic E-state index is 0.00594. The van der Waals surface area contributed by atoms with Gasteiger partial charge >= 0.3 is 0 Å². The first-order valence-electron chi connectivity index (χ1n) is 9.39. The van der Waals surface area contributed by atoms with E-state index in [0.717, 1.165) is 43.9 Å². The number of rotatable bonds is 7. The zero-order chi connectivity index (χ0) is 17.6. The van der Waals surface area contributed by atoms with Gasteiger partial charge in [-0.1, -0.05) is 38.5 Å². The van der Waals surface area contributed by atoms with Gasteiger partial charge in [0.15, 0.2) is 0 Å². The third-order valence-corrected chi connectivity index (χ3v) is 5.00. The third-order valence-electron chi connectivity index (χ3n) is 5.00. The zero-order valence-electron chi connectivity index (χ0n) is 15.2. The fourth-order valence-electron chi connectivity index (χ4n) is 3.68. The van der Waals surface area contributed by atoms with E-state index in [9.17, 15) is 4.79 Å². The van der Waals surface area contributed by atoms with Gasteiger partial charge < -0.3 is 5.32 Å². The van der Waals surface area contributed by atoms with Crippen LogP contribution < -0.4 is 5.32 Å². The van der Waals surface area contributed by atoms with Crippen LogP contribution in [0.5, 0.6) is 0 Å². The Morgan fingerprint density at radius 2 is 2.08 bits per heavy atom. The lowest BCUT2D eigenvalue weighted by Gasteiger charge is -2.22. The van der Waals surface area contributed by atoms with Crippen molar-refractivity contribution in [2.24, 2.45) is 0 Å². The topological polar surface area (TPSA) is 50.2 Å². The fourth-order valence-corrected chi connectivity index (χ4v) is 3.68. The number of carbonyl (C=O) groups excluding carboxylic acids is 1. The van der Waals surface area contributed by atoms with E-state index in [2.05, 4.69) is 29.2 Å². The molecule has 1 amide bonds. The number of para-hydroxylation sites is 1. The van der Waals surface area contributed by atoms with Crippen LogP contribution in [0.4, 0.5) is 0 Å². The molecule has 1 aromatic carbocycles. The van der Waals surface area contributed by atoms with E-state index in [1.807, 2.05) is 35.0 Å². The molecule has 134 valence electrons. The summed E-state index contributed by atoms with van der Waals surface area (Å²) in [6, 6.07) is 10.5. The summed E-state index contributed by atoms with van der Waals surface area (Å²) in [5.41, 5.74) is 2.69. The normalized spacial score (nSPS) is 17.8. The van der Waals surface area contributed by atoms with Crippen LogP contribution in [-0.4, -0.2) is 46.3 Å². The van der Waals surface area contributed by atoms with Crippen molar-refractivity contribution in [3.05, 3.63) is 47.8 Å². The minimum atomic E-state index is -0.00594. The van der Waals surface area contributed by atoms with Crippen molar-refractivity contribution in [3.63, 3.8) is 0 Å². The number of hydrogen-bond acceptors (Lipinski definition) is 3. The van der Waals surface area contributed by atoms with Crippen LogP contribution in [0.3, 0.4) is 0 Å². The highest BCUT2D eigenvalue weighted by Crippen LogP contribution is 2.18. The number of amides is 1. The van der Waals surface area contributed by atoms with Gasteiger partial charge in [-0.3, -0.25) is 9.69 Å². The molecule has 0 aliphatic carbocycles. The first-order chi connectivity index (χ1) is 12.2. The number of aromatic nitrogens is 2. The second-order valence-electron chi connectivity index (χ2n) is 6.64. The molecule has 1 aromatic heterocycles. The molecule has 1 atom stereocenters. The van der Waals surface area contributed by atoms with Crippen molar-refractivity contribution in [3.8, 4) is 5.69 Å².